The molecule has 1 unspecified atom stereocenters. The van der Waals surface area contributed by atoms with Crippen LogP contribution in [-0.4, -0.2) is 46.0 Å². The van der Waals surface area contributed by atoms with Gasteiger partial charge in [-0.1, -0.05) is 12.8 Å². The van der Waals surface area contributed by atoms with Crippen LogP contribution in [0, 0.1) is 5.92 Å². The average Bonchev–Trinajstić information content (AvgIpc) is 2.81. The number of carbonyl (C=O) groups is 2. The molecule has 1 N–H and O–H groups in total. The molecule has 1 saturated carbocycles. The van der Waals surface area contributed by atoms with Crippen molar-refractivity contribution in [3.05, 3.63) is 0 Å². The van der Waals surface area contributed by atoms with E-state index < -0.39 is 12.0 Å². The molecule has 96 valence electrons. The first kappa shape index (κ1) is 12.7. The van der Waals surface area contributed by atoms with E-state index in [1.54, 1.807) is 16.7 Å². The summed E-state index contributed by atoms with van der Waals surface area (Å²) >= 11 is 1.62. The Hall–Kier alpha value is -0.710. The van der Waals surface area contributed by atoms with Gasteiger partial charge in [-0.3, -0.25) is 4.79 Å². The summed E-state index contributed by atoms with van der Waals surface area (Å²) in [6.45, 7) is 0.590. The molecule has 5 heteroatoms. The molecule has 0 bridgehead atoms. The Morgan fingerprint density at radius 1 is 1.29 bits per heavy atom. The molecule has 0 spiro atoms. The average molecular weight is 257 g/mol. The zero-order valence-electron chi connectivity index (χ0n) is 9.93. The molecule has 1 saturated heterocycles. The van der Waals surface area contributed by atoms with Crippen molar-refractivity contribution in [2.75, 3.05) is 18.1 Å². The summed E-state index contributed by atoms with van der Waals surface area (Å²) in [6.07, 6.45) is 5.25. The Bertz CT molecular complexity index is 302. The van der Waals surface area contributed by atoms with Gasteiger partial charge in [0.2, 0.25) is 5.91 Å². The third-order valence-electron chi connectivity index (χ3n) is 3.67. The van der Waals surface area contributed by atoms with Crippen molar-refractivity contribution >= 4 is 23.6 Å². The number of rotatable bonds is 3. The fourth-order valence-electron chi connectivity index (χ4n) is 2.69. The van der Waals surface area contributed by atoms with Crippen molar-refractivity contribution < 1.29 is 14.7 Å². The van der Waals surface area contributed by atoms with Crippen molar-refractivity contribution in [2.45, 2.75) is 38.1 Å². The van der Waals surface area contributed by atoms with Gasteiger partial charge in [0.05, 0.1) is 0 Å². The summed E-state index contributed by atoms with van der Waals surface area (Å²) < 4.78 is 0. The van der Waals surface area contributed by atoms with Crippen molar-refractivity contribution in [1.29, 1.82) is 0 Å². The molecule has 1 amide bonds. The number of amides is 1. The van der Waals surface area contributed by atoms with Crippen molar-refractivity contribution in [2.24, 2.45) is 5.92 Å². The topological polar surface area (TPSA) is 57.6 Å². The lowest BCUT2D eigenvalue weighted by atomic mass is 10.0. The fourth-order valence-corrected chi connectivity index (χ4v) is 3.72. The number of aliphatic carboxylic acids is 1. The maximum atomic E-state index is 12.1. The minimum absolute atomic E-state index is 0.0459. The summed E-state index contributed by atoms with van der Waals surface area (Å²) in [4.78, 5) is 24.8. The van der Waals surface area contributed by atoms with E-state index in [-0.39, 0.29) is 5.91 Å². The largest absolute Gasteiger partial charge is 0.480 e. The highest BCUT2D eigenvalue weighted by Gasteiger charge is 2.33. The molecule has 1 aliphatic heterocycles. The van der Waals surface area contributed by atoms with Crippen LogP contribution in [0.15, 0.2) is 0 Å². The molecule has 17 heavy (non-hydrogen) atoms. The summed E-state index contributed by atoms with van der Waals surface area (Å²) in [7, 11) is 0. The van der Waals surface area contributed by atoms with Gasteiger partial charge in [-0.05, 0) is 18.8 Å². The molecule has 0 aromatic rings. The number of hydrogen-bond donors (Lipinski definition) is 1. The summed E-state index contributed by atoms with van der Waals surface area (Å²) in [5, 5.41) is 9.11. The highest BCUT2D eigenvalue weighted by Crippen LogP contribution is 2.29. The van der Waals surface area contributed by atoms with E-state index in [1.165, 1.54) is 12.8 Å². The normalized spacial score (nSPS) is 26.1. The molecular formula is C12H19NO3S. The first-order valence-corrected chi connectivity index (χ1v) is 7.44. The Morgan fingerprint density at radius 2 is 2.00 bits per heavy atom. The Morgan fingerprint density at radius 3 is 2.65 bits per heavy atom. The second-order valence-corrected chi connectivity index (χ2v) is 6.02. The Balaban J connectivity index is 1.93. The lowest BCUT2D eigenvalue weighted by molar-refractivity contribution is -0.149. The Labute approximate surface area is 106 Å². The van der Waals surface area contributed by atoms with Crippen LogP contribution in [0.1, 0.15) is 32.1 Å². The van der Waals surface area contributed by atoms with Gasteiger partial charge in [0.25, 0.3) is 0 Å². The predicted molar refractivity (Wildman–Crippen MR) is 67.0 cm³/mol. The monoisotopic (exact) mass is 257 g/mol. The van der Waals surface area contributed by atoms with E-state index in [4.69, 9.17) is 5.11 Å². The number of nitrogens with zero attached hydrogens (tertiary/aromatic N) is 1. The van der Waals surface area contributed by atoms with E-state index in [0.29, 0.717) is 24.6 Å². The smallest absolute Gasteiger partial charge is 0.327 e. The lowest BCUT2D eigenvalue weighted by Crippen LogP contribution is -2.50. The molecular weight excluding hydrogens is 238 g/mol. The summed E-state index contributed by atoms with van der Waals surface area (Å²) in [5.74, 6) is 1.07. The van der Waals surface area contributed by atoms with E-state index in [0.717, 1.165) is 18.6 Å². The number of thioether (sulfide) groups is 1. The van der Waals surface area contributed by atoms with E-state index >= 15 is 0 Å². The molecule has 2 fully saturated rings. The standard InChI is InChI=1S/C12H19NO3S/c14-11(7-9-3-1-2-4-9)13-5-6-17-8-10(13)12(15)16/h9-10H,1-8H2,(H,15,16). The molecule has 0 radical (unpaired) electrons. The third-order valence-corrected chi connectivity index (χ3v) is 4.69. The van der Waals surface area contributed by atoms with Crippen molar-refractivity contribution in [3.8, 4) is 0 Å². The third kappa shape index (κ3) is 3.15. The van der Waals surface area contributed by atoms with Gasteiger partial charge in [0, 0.05) is 24.5 Å². The molecule has 1 atom stereocenters. The van der Waals surface area contributed by atoms with Gasteiger partial charge in [-0.2, -0.15) is 11.8 Å². The zero-order chi connectivity index (χ0) is 12.3. The maximum absolute atomic E-state index is 12.1. The highest BCUT2D eigenvalue weighted by atomic mass is 32.2. The second-order valence-electron chi connectivity index (χ2n) is 4.87. The number of carboxylic acid groups (broad SMARTS) is 1. The lowest BCUT2D eigenvalue weighted by Gasteiger charge is -2.33. The minimum atomic E-state index is -0.864. The number of carbonyl (C=O) groups excluding carboxylic acids is 1. The molecule has 2 rings (SSSR count). The SMILES string of the molecule is O=C(O)C1CSCCN1C(=O)CC1CCCC1. The Kier molecular flexibility index (Phi) is 4.31. The first-order valence-electron chi connectivity index (χ1n) is 6.28. The maximum Gasteiger partial charge on any atom is 0.327 e. The van der Waals surface area contributed by atoms with E-state index in [9.17, 15) is 9.59 Å². The molecule has 1 aliphatic carbocycles. The highest BCUT2D eigenvalue weighted by molar-refractivity contribution is 7.99. The summed E-state index contributed by atoms with van der Waals surface area (Å²) in [5.41, 5.74) is 0. The molecule has 1 heterocycles. The van der Waals surface area contributed by atoms with Gasteiger partial charge < -0.3 is 10.0 Å². The van der Waals surface area contributed by atoms with E-state index in [2.05, 4.69) is 0 Å². The fraction of sp³-hybridized carbons (Fsp3) is 0.833. The van der Waals surface area contributed by atoms with Crippen LogP contribution in [0.3, 0.4) is 0 Å². The van der Waals surface area contributed by atoms with Crippen molar-refractivity contribution in [3.63, 3.8) is 0 Å². The van der Waals surface area contributed by atoms with Crippen LogP contribution in [0.2, 0.25) is 0 Å². The van der Waals surface area contributed by atoms with Crippen LogP contribution in [0.25, 0.3) is 0 Å². The van der Waals surface area contributed by atoms with Crippen LogP contribution in [-0.2, 0) is 9.59 Å². The van der Waals surface area contributed by atoms with Gasteiger partial charge in [-0.15, -0.1) is 0 Å². The van der Waals surface area contributed by atoms with Gasteiger partial charge in [-0.25, -0.2) is 4.79 Å². The predicted octanol–water partition coefficient (Wildman–Crippen LogP) is 1.60. The van der Waals surface area contributed by atoms with Gasteiger partial charge in [0.15, 0.2) is 0 Å². The second kappa shape index (κ2) is 5.76. The van der Waals surface area contributed by atoms with Gasteiger partial charge >= 0.3 is 5.97 Å². The minimum Gasteiger partial charge on any atom is -0.480 e. The van der Waals surface area contributed by atoms with Gasteiger partial charge in [0.1, 0.15) is 6.04 Å². The zero-order valence-corrected chi connectivity index (χ0v) is 10.7. The number of hydrogen-bond acceptors (Lipinski definition) is 3. The molecule has 4 nitrogen and oxygen atoms in total. The quantitative estimate of drug-likeness (QED) is 0.834. The van der Waals surface area contributed by atoms with Crippen molar-refractivity contribution in [1.82, 2.24) is 4.90 Å². The van der Waals surface area contributed by atoms with Crippen LogP contribution < -0.4 is 0 Å². The summed E-state index contributed by atoms with van der Waals surface area (Å²) in [6, 6.07) is -0.609. The molecule has 2 aliphatic rings. The molecule has 0 aromatic heterocycles. The van der Waals surface area contributed by atoms with Crippen LogP contribution in [0.5, 0.6) is 0 Å². The van der Waals surface area contributed by atoms with Crippen LogP contribution >= 0.6 is 11.8 Å². The number of carboxylic acids is 1. The first-order chi connectivity index (χ1) is 8.18. The molecule has 0 aromatic carbocycles. The van der Waals surface area contributed by atoms with E-state index in [1.807, 2.05) is 0 Å². The van der Waals surface area contributed by atoms with Crippen LogP contribution in [0.4, 0.5) is 0 Å².